The fraction of sp³-hybridized carbons (Fsp3) is 0. The molecule has 0 aliphatic heterocycles. The van der Waals surface area contributed by atoms with Gasteiger partial charge in [0.25, 0.3) is 0 Å². The second-order valence-electron chi connectivity index (χ2n) is 33.6. The van der Waals surface area contributed by atoms with Gasteiger partial charge in [0.05, 0.1) is 66.2 Å². The van der Waals surface area contributed by atoms with E-state index >= 15 is 0 Å². The molecule has 9 heterocycles. The zero-order chi connectivity index (χ0) is 87.1. The van der Waals surface area contributed by atoms with Crippen molar-refractivity contribution in [3.8, 4) is 101 Å². The molecule has 0 aliphatic carbocycles. The van der Waals surface area contributed by atoms with Gasteiger partial charge in [0.2, 0.25) is 5.95 Å². The maximum Gasteiger partial charge on any atom is 0.234 e. The average molecular weight is 1690 g/mol. The fourth-order valence-electron chi connectivity index (χ4n) is 20.1. The van der Waals surface area contributed by atoms with Crippen molar-refractivity contribution in [3.63, 3.8) is 0 Å². The van der Waals surface area contributed by atoms with Crippen molar-refractivity contribution in [2.24, 2.45) is 0 Å². The lowest BCUT2D eigenvalue weighted by atomic mass is 10.1. The molecule has 0 bridgehead atoms. The number of pyridine rings is 2. The van der Waals surface area contributed by atoms with E-state index in [4.69, 9.17) is 19.9 Å². The molecular formula is C122H80N10. The molecule has 18 aromatic carbocycles. The van der Waals surface area contributed by atoms with E-state index in [2.05, 4.69) is 458 Å². The predicted octanol–water partition coefficient (Wildman–Crippen LogP) is 31.2. The molecule has 0 N–H and O–H groups in total. The van der Waals surface area contributed by atoms with Crippen LogP contribution in [0.1, 0.15) is 0 Å². The number of fused-ring (bicyclic) bond motifs is 20. The SMILES string of the molecule is c1ccc(-c2ccc(-n3c4ccccc4c4c3ccc3c5ccccc5n(-c5ccc(-c6ccccc6)cn5)c34)cc2)cc1.c1ccc(-c2ccc(-n3c4ccccc4c4c3ccc3c5ccccc5n(-c5ncc(-c6ccccc6)cn5)c34)cc2)cc1.c1ccc(-c2ccc(-n3c4ccccc4c4cc5c6ccccc6n(-c6ccc(-c7ccccc7)cn6)c5cc43)cc2)cc1. The van der Waals surface area contributed by atoms with Gasteiger partial charge in [0, 0.05) is 123 Å². The minimum absolute atomic E-state index is 0.660. The number of rotatable bonds is 12. The predicted molar refractivity (Wildman–Crippen MR) is 549 cm³/mol. The zero-order valence-corrected chi connectivity index (χ0v) is 71.7. The van der Waals surface area contributed by atoms with Crippen molar-refractivity contribution in [1.29, 1.82) is 0 Å². The summed E-state index contributed by atoms with van der Waals surface area (Å²) in [5, 5.41) is 14.6. The lowest BCUT2D eigenvalue weighted by Crippen LogP contribution is -2.01. The van der Waals surface area contributed by atoms with Crippen molar-refractivity contribution >= 4 is 131 Å². The number of benzene rings is 18. The lowest BCUT2D eigenvalue weighted by Gasteiger charge is -2.11. The van der Waals surface area contributed by atoms with Crippen molar-refractivity contribution in [1.82, 2.24) is 47.3 Å². The standard InChI is InChI=1S/2C41H27N3.C40H26N4/c1-3-11-28(12-4-1)30-19-22-32(23-20-30)43-37-18-10-8-16-35(37)40-38(43)25-24-34-33-15-7-9-17-36(33)44(41(34)40)39-26-21-31(27-42-39)29-13-5-2-6-14-29;1-3-11-28(12-4-1)30-19-22-32(23-20-30)43-37-17-9-7-15-33(37)35-25-36-34-16-8-10-18-38(34)44(40(36)26-39(35)43)41-24-21-31(27-42-41)29-13-5-2-6-14-29;1-3-11-27(12-4-1)29-19-21-31(22-20-29)43-36-18-10-8-16-34(36)38-37(43)24-23-33-32-15-7-9-17-35(32)44(39(33)38)40-41-25-30(26-42-40)28-13-5-2-6-14-28/h2*1-27H;1-26H. The van der Waals surface area contributed by atoms with Gasteiger partial charge in [0.1, 0.15) is 11.6 Å². The lowest BCUT2D eigenvalue weighted by molar-refractivity contribution is 0.992. The van der Waals surface area contributed by atoms with E-state index in [1.807, 2.05) is 55.1 Å². The number of hydrogen-bond donors (Lipinski definition) is 0. The number of para-hydroxylation sites is 6. The van der Waals surface area contributed by atoms with Crippen LogP contribution < -0.4 is 0 Å². The molecule has 0 radical (unpaired) electrons. The second kappa shape index (κ2) is 32.2. The zero-order valence-electron chi connectivity index (χ0n) is 71.7. The third kappa shape index (κ3) is 13.0. The van der Waals surface area contributed by atoms with Gasteiger partial charge in [-0.15, -0.1) is 0 Å². The van der Waals surface area contributed by atoms with E-state index in [9.17, 15) is 0 Å². The molecule has 0 atom stereocenters. The summed E-state index contributed by atoms with van der Waals surface area (Å²) in [4.78, 5) is 19.9. The Morgan fingerprint density at radius 3 is 0.765 bits per heavy atom. The summed E-state index contributed by atoms with van der Waals surface area (Å²) in [6, 6.07) is 164. The Morgan fingerprint density at radius 1 is 0.136 bits per heavy atom. The maximum absolute atomic E-state index is 5.04. The van der Waals surface area contributed by atoms with Gasteiger partial charge < -0.3 is 13.7 Å². The van der Waals surface area contributed by atoms with Crippen molar-refractivity contribution < 1.29 is 0 Å². The highest BCUT2D eigenvalue weighted by Crippen LogP contribution is 2.47. The van der Waals surface area contributed by atoms with Gasteiger partial charge in [-0.3, -0.25) is 13.7 Å². The first-order chi connectivity index (χ1) is 65.5. The Labute approximate surface area is 760 Å². The minimum Gasteiger partial charge on any atom is -0.309 e. The third-order valence-electron chi connectivity index (χ3n) is 26.2. The molecule has 0 amide bonds. The molecule has 132 heavy (non-hydrogen) atoms. The topological polar surface area (TPSA) is 81.1 Å². The summed E-state index contributed by atoms with van der Waals surface area (Å²) in [6.45, 7) is 0. The second-order valence-corrected chi connectivity index (χ2v) is 33.6. The molecule has 618 valence electrons. The van der Waals surface area contributed by atoms with Gasteiger partial charge >= 0.3 is 0 Å². The van der Waals surface area contributed by atoms with E-state index < -0.39 is 0 Å². The van der Waals surface area contributed by atoms with E-state index in [1.54, 1.807) is 0 Å². The van der Waals surface area contributed by atoms with Gasteiger partial charge in [-0.05, 0) is 171 Å². The molecule has 0 aliphatic rings. The summed E-state index contributed by atoms with van der Waals surface area (Å²) >= 11 is 0. The summed E-state index contributed by atoms with van der Waals surface area (Å²) in [5.41, 5.74) is 31.2. The molecule has 0 unspecified atom stereocenters. The van der Waals surface area contributed by atoms with Crippen molar-refractivity contribution in [3.05, 3.63) is 486 Å². The van der Waals surface area contributed by atoms with Gasteiger partial charge in [-0.2, -0.15) is 0 Å². The Bertz CT molecular complexity index is 8320. The molecule has 0 spiro atoms. The van der Waals surface area contributed by atoms with Gasteiger partial charge in [-0.25, -0.2) is 19.9 Å². The van der Waals surface area contributed by atoms with Gasteiger partial charge in [-0.1, -0.05) is 340 Å². The Morgan fingerprint density at radius 2 is 0.394 bits per heavy atom. The monoisotopic (exact) mass is 1680 g/mol. The van der Waals surface area contributed by atoms with Crippen LogP contribution >= 0.6 is 0 Å². The van der Waals surface area contributed by atoms with Crippen LogP contribution in [0.2, 0.25) is 0 Å². The van der Waals surface area contributed by atoms with Crippen LogP contribution in [0.3, 0.4) is 0 Å². The highest BCUT2D eigenvalue weighted by Gasteiger charge is 2.26. The number of nitrogens with zero attached hydrogens (tertiary/aromatic N) is 10. The molecule has 27 aromatic rings. The molecule has 10 nitrogen and oxygen atoms in total. The molecular weight excluding hydrogens is 1610 g/mol. The highest BCUT2D eigenvalue weighted by molar-refractivity contribution is 6.28. The quantitative estimate of drug-likeness (QED) is 0.122. The van der Waals surface area contributed by atoms with E-state index in [1.165, 1.54) is 137 Å². The summed E-state index contributed by atoms with van der Waals surface area (Å²) in [7, 11) is 0. The molecule has 9 aromatic heterocycles. The van der Waals surface area contributed by atoms with Crippen LogP contribution in [0.25, 0.3) is 232 Å². The summed E-state index contributed by atoms with van der Waals surface area (Å²) in [6.07, 6.45) is 7.82. The summed E-state index contributed by atoms with van der Waals surface area (Å²) in [5.74, 6) is 2.48. The smallest absolute Gasteiger partial charge is 0.234 e. The first-order valence-electron chi connectivity index (χ1n) is 44.8. The maximum atomic E-state index is 5.04. The Kier molecular flexibility index (Phi) is 18.7. The first-order valence-corrected chi connectivity index (χ1v) is 44.8. The van der Waals surface area contributed by atoms with Crippen LogP contribution in [0.5, 0.6) is 0 Å². The van der Waals surface area contributed by atoms with Crippen LogP contribution in [0.15, 0.2) is 486 Å². The average Bonchev–Trinajstić information content (AvgIpc) is 1.54. The van der Waals surface area contributed by atoms with E-state index in [0.29, 0.717) is 5.95 Å². The normalized spacial score (nSPS) is 11.6. The molecule has 0 fully saturated rings. The Balaban J connectivity index is 0.000000106. The molecule has 10 heteroatoms. The van der Waals surface area contributed by atoms with E-state index in [-0.39, 0.29) is 0 Å². The Hall–Kier alpha value is -17.9. The minimum atomic E-state index is 0.660. The fourth-order valence-corrected chi connectivity index (χ4v) is 20.1. The van der Waals surface area contributed by atoms with Crippen molar-refractivity contribution in [2.45, 2.75) is 0 Å². The number of hydrogen-bond acceptors (Lipinski definition) is 4. The molecule has 27 rings (SSSR count). The van der Waals surface area contributed by atoms with Crippen LogP contribution in [-0.4, -0.2) is 47.3 Å². The molecule has 0 saturated carbocycles. The van der Waals surface area contributed by atoms with Crippen molar-refractivity contribution in [2.75, 3.05) is 0 Å². The highest BCUT2D eigenvalue weighted by atomic mass is 15.2. The van der Waals surface area contributed by atoms with Gasteiger partial charge in [0.15, 0.2) is 0 Å². The largest absolute Gasteiger partial charge is 0.309 e. The van der Waals surface area contributed by atoms with Crippen LogP contribution in [0.4, 0.5) is 0 Å². The van der Waals surface area contributed by atoms with Crippen LogP contribution in [0, 0.1) is 0 Å². The van der Waals surface area contributed by atoms with Crippen LogP contribution in [-0.2, 0) is 0 Å². The number of aromatic nitrogens is 10. The first kappa shape index (κ1) is 76.6. The molecule has 0 saturated heterocycles. The summed E-state index contributed by atoms with van der Waals surface area (Å²) < 4.78 is 14.0. The van der Waals surface area contributed by atoms with E-state index in [0.717, 1.165) is 89.6 Å². The third-order valence-corrected chi connectivity index (χ3v) is 26.2.